The van der Waals surface area contributed by atoms with Crippen molar-refractivity contribution >= 4 is 17.7 Å². The van der Waals surface area contributed by atoms with Crippen LogP contribution in [0.2, 0.25) is 0 Å². The zero-order chi connectivity index (χ0) is 30.2. The Morgan fingerprint density at radius 3 is 1.88 bits per heavy atom. The number of carbonyl (C=O) groups is 2. The summed E-state index contributed by atoms with van der Waals surface area (Å²) in [6.45, 7) is 2.40. The van der Waals surface area contributed by atoms with Crippen LogP contribution in [0.25, 0.3) is 0 Å². The molecule has 0 aliphatic carbocycles. The van der Waals surface area contributed by atoms with E-state index in [-0.39, 0.29) is 30.2 Å². The van der Waals surface area contributed by atoms with Crippen LogP contribution in [0.4, 0.5) is 50.0 Å². The van der Waals surface area contributed by atoms with Gasteiger partial charge in [-0.1, -0.05) is 13.8 Å². The SMILES string of the molecule is CCC(=O)N1c2ccc(C(F)(F)F)cc2C(N(Cc2cc(C(F)(F)F)cc(C(F)(F)F)c2)C(=O)OC)C[C@H]1CC. The highest BCUT2D eigenvalue weighted by Crippen LogP contribution is 2.45. The number of anilines is 1. The predicted molar refractivity (Wildman–Crippen MR) is 125 cm³/mol. The number of rotatable bonds is 5. The second-order valence-corrected chi connectivity index (χ2v) is 9.21. The van der Waals surface area contributed by atoms with Crippen molar-refractivity contribution in [2.45, 2.75) is 70.3 Å². The van der Waals surface area contributed by atoms with Crippen LogP contribution in [-0.2, 0) is 34.6 Å². The van der Waals surface area contributed by atoms with E-state index in [1.54, 1.807) is 13.8 Å². The highest BCUT2D eigenvalue weighted by Gasteiger charge is 2.42. The minimum atomic E-state index is -5.15. The molecule has 3 rings (SSSR count). The van der Waals surface area contributed by atoms with E-state index in [1.807, 2.05) is 0 Å². The third-order valence-corrected chi connectivity index (χ3v) is 6.66. The van der Waals surface area contributed by atoms with Crippen LogP contribution in [0.15, 0.2) is 36.4 Å². The Hall–Kier alpha value is -3.45. The van der Waals surface area contributed by atoms with Gasteiger partial charge < -0.3 is 9.64 Å². The van der Waals surface area contributed by atoms with Gasteiger partial charge >= 0.3 is 24.6 Å². The minimum absolute atomic E-state index is 0.00674. The van der Waals surface area contributed by atoms with E-state index in [4.69, 9.17) is 4.74 Å². The lowest BCUT2D eigenvalue weighted by Gasteiger charge is -2.44. The van der Waals surface area contributed by atoms with E-state index >= 15 is 0 Å². The van der Waals surface area contributed by atoms with E-state index in [9.17, 15) is 49.1 Å². The molecule has 2 atom stereocenters. The van der Waals surface area contributed by atoms with Crippen molar-refractivity contribution in [1.29, 1.82) is 0 Å². The van der Waals surface area contributed by atoms with Crippen molar-refractivity contribution in [2.24, 2.45) is 0 Å². The maximum absolute atomic E-state index is 13.6. The number of benzene rings is 2. The van der Waals surface area contributed by atoms with Gasteiger partial charge in [-0.3, -0.25) is 9.69 Å². The first-order valence-corrected chi connectivity index (χ1v) is 12.1. The van der Waals surface area contributed by atoms with Crippen molar-refractivity contribution in [3.63, 3.8) is 0 Å². The second kappa shape index (κ2) is 11.2. The van der Waals surface area contributed by atoms with Gasteiger partial charge in [-0.25, -0.2) is 4.79 Å². The molecule has 5 nitrogen and oxygen atoms in total. The number of hydrogen-bond acceptors (Lipinski definition) is 3. The smallest absolute Gasteiger partial charge is 0.416 e. The van der Waals surface area contributed by atoms with Crippen LogP contribution in [0, 0.1) is 0 Å². The summed E-state index contributed by atoms with van der Waals surface area (Å²) >= 11 is 0. The number of methoxy groups -OCH3 is 1. The van der Waals surface area contributed by atoms with Gasteiger partial charge in [0.2, 0.25) is 5.91 Å². The number of ether oxygens (including phenoxy) is 1. The van der Waals surface area contributed by atoms with Crippen LogP contribution < -0.4 is 4.90 Å². The van der Waals surface area contributed by atoms with E-state index in [1.165, 1.54) is 4.90 Å². The molecule has 0 spiro atoms. The first kappa shape index (κ1) is 31.1. The number of carbonyl (C=O) groups excluding carboxylic acids is 2. The Labute approximate surface area is 223 Å². The summed E-state index contributed by atoms with van der Waals surface area (Å²) in [7, 11) is 0.919. The maximum Gasteiger partial charge on any atom is 0.416 e. The lowest BCUT2D eigenvalue weighted by Crippen LogP contribution is -2.48. The maximum atomic E-state index is 13.6. The Balaban J connectivity index is 2.23. The number of fused-ring (bicyclic) bond motifs is 1. The largest absolute Gasteiger partial charge is 0.453 e. The van der Waals surface area contributed by atoms with Crippen LogP contribution in [0.5, 0.6) is 0 Å². The molecule has 0 N–H and O–H groups in total. The molecule has 0 radical (unpaired) electrons. The van der Waals surface area contributed by atoms with Crippen molar-refractivity contribution in [3.05, 3.63) is 64.2 Å². The molecule has 0 fully saturated rings. The summed E-state index contributed by atoms with van der Waals surface area (Å²) in [6.07, 6.45) is -16.2. The number of halogens is 9. The molecule has 2 amide bonds. The summed E-state index contributed by atoms with van der Waals surface area (Å²) in [5, 5.41) is 0. The molecule has 0 saturated heterocycles. The zero-order valence-corrected chi connectivity index (χ0v) is 21.5. The monoisotopic (exact) mass is 584 g/mol. The number of amides is 2. The summed E-state index contributed by atoms with van der Waals surface area (Å²) in [5.41, 5.74) is -5.00. The third-order valence-electron chi connectivity index (χ3n) is 6.66. The fourth-order valence-corrected chi connectivity index (χ4v) is 4.78. The van der Waals surface area contributed by atoms with E-state index in [0.29, 0.717) is 18.6 Å². The molecule has 1 heterocycles. The first-order chi connectivity index (χ1) is 18.4. The number of nitrogens with zero attached hydrogens (tertiary/aromatic N) is 2. The molecular weight excluding hydrogens is 559 g/mol. The molecule has 1 aliphatic rings. The molecule has 1 aliphatic heterocycles. The Bertz CT molecular complexity index is 1220. The molecule has 1 unspecified atom stereocenters. The summed E-state index contributed by atoms with van der Waals surface area (Å²) in [4.78, 5) is 27.8. The topological polar surface area (TPSA) is 49.9 Å². The Morgan fingerprint density at radius 1 is 0.875 bits per heavy atom. The van der Waals surface area contributed by atoms with E-state index in [0.717, 1.165) is 30.2 Å². The fourth-order valence-electron chi connectivity index (χ4n) is 4.78. The van der Waals surface area contributed by atoms with Gasteiger partial charge in [0.05, 0.1) is 29.8 Å². The molecule has 2 aromatic carbocycles. The summed E-state index contributed by atoms with van der Waals surface area (Å²) < 4.78 is 126. The standard InChI is InChI=1S/C26H25F9N2O3/c1-4-18-12-21(19-11-15(24(27,28)29)6-7-20(19)37(18)22(38)5-2)36(23(39)40-3)13-14-8-16(25(30,31)32)10-17(9-14)26(33,34)35/h6-11,18,21H,4-5,12-13H2,1-3H3/t18-,21?/m1/s1. The third kappa shape index (κ3) is 6.47. The number of alkyl halides is 9. The van der Waals surface area contributed by atoms with Gasteiger partial charge in [0, 0.05) is 24.7 Å². The second-order valence-electron chi connectivity index (χ2n) is 9.21. The summed E-state index contributed by atoms with van der Waals surface area (Å²) in [6, 6.07) is 1.44. The highest BCUT2D eigenvalue weighted by atomic mass is 19.4. The van der Waals surface area contributed by atoms with Crippen molar-refractivity contribution in [3.8, 4) is 0 Å². The molecule has 40 heavy (non-hydrogen) atoms. The van der Waals surface area contributed by atoms with Crippen LogP contribution in [0.1, 0.15) is 67.0 Å². The molecule has 0 saturated carbocycles. The van der Waals surface area contributed by atoms with E-state index < -0.39 is 71.4 Å². The molecule has 2 aromatic rings. The minimum Gasteiger partial charge on any atom is -0.453 e. The lowest BCUT2D eigenvalue weighted by molar-refractivity contribution is -0.143. The quantitative estimate of drug-likeness (QED) is 0.335. The highest BCUT2D eigenvalue weighted by molar-refractivity contribution is 5.95. The van der Waals surface area contributed by atoms with Crippen LogP contribution >= 0.6 is 0 Å². The Kier molecular flexibility index (Phi) is 8.70. The lowest BCUT2D eigenvalue weighted by atomic mass is 9.87. The summed E-state index contributed by atoms with van der Waals surface area (Å²) in [5.74, 6) is -0.413. The van der Waals surface area contributed by atoms with Gasteiger partial charge in [-0.2, -0.15) is 39.5 Å². The zero-order valence-electron chi connectivity index (χ0n) is 21.5. The average Bonchev–Trinajstić information content (AvgIpc) is 2.87. The Morgan fingerprint density at radius 2 is 1.43 bits per heavy atom. The number of hydrogen-bond donors (Lipinski definition) is 0. The fraction of sp³-hybridized carbons (Fsp3) is 0.462. The molecule has 220 valence electrons. The van der Waals surface area contributed by atoms with Gasteiger partial charge in [0.1, 0.15) is 0 Å². The van der Waals surface area contributed by atoms with Gasteiger partial charge in [-0.05, 0) is 60.4 Å². The van der Waals surface area contributed by atoms with Gasteiger partial charge in [0.25, 0.3) is 0 Å². The first-order valence-electron chi connectivity index (χ1n) is 12.1. The van der Waals surface area contributed by atoms with Gasteiger partial charge in [0.15, 0.2) is 0 Å². The van der Waals surface area contributed by atoms with E-state index in [2.05, 4.69) is 0 Å². The van der Waals surface area contributed by atoms with Crippen LogP contribution in [0.3, 0.4) is 0 Å². The van der Waals surface area contributed by atoms with Crippen LogP contribution in [-0.4, -0.2) is 30.1 Å². The van der Waals surface area contributed by atoms with Crippen molar-refractivity contribution in [1.82, 2.24) is 4.90 Å². The molecule has 0 aromatic heterocycles. The normalized spacial score (nSPS) is 17.9. The average molecular weight is 584 g/mol. The molecular formula is C26H25F9N2O3. The van der Waals surface area contributed by atoms with Gasteiger partial charge in [-0.15, -0.1) is 0 Å². The van der Waals surface area contributed by atoms with Crippen molar-refractivity contribution < 1.29 is 53.8 Å². The van der Waals surface area contributed by atoms with Crippen molar-refractivity contribution in [2.75, 3.05) is 12.0 Å². The molecule has 0 bridgehead atoms. The molecule has 14 heteroatoms. The predicted octanol–water partition coefficient (Wildman–Crippen LogP) is 7.98.